The number of fused-ring (bicyclic) bond motifs is 7. The van der Waals surface area contributed by atoms with E-state index in [0.29, 0.717) is 40.6 Å². The molecule has 2 heterocycles. The molecule has 0 aromatic heterocycles. The Balaban J connectivity index is 1.13. The van der Waals surface area contributed by atoms with Crippen LogP contribution in [0, 0.1) is 52.3 Å². The minimum Gasteiger partial charge on any atom is -0.481 e. The predicted molar refractivity (Wildman–Crippen MR) is 138 cm³/mol. The van der Waals surface area contributed by atoms with Crippen molar-refractivity contribution < 1.29 is 28.9 Å². The zero-order chi connectivity index (χ0) is 26.2. The number of carboxylic acid groups (broad SMARTS) is 1. The Morgan fingerprint density at radius 2 is 1.70 bits per heavy atom. The molecule has 0 radical (unpaired) electrons. The van der Waals surface area contributed by atoms with Gasteiger partial charge in [0.15, 0.2) is 5.79 Å². The number of carbonyl (C=O) groups excluding carboxylic acids is 1. The monoisotopic (exact) mass is 516 g/mol. The van der Waals surface area contributed by atoms with Crippen LogP contribution in [0.25, 0.3) is 0 Å². The van der Waals surface area contributed by atoms with Crippen LogP contribution in [0.15, 0.2) is 0 Å². The molecule has 0 amide bonds. The summed E-state index contributed by atoms with van der Waals surface area (Å²) >= 11 is 0. The fourth-order valence-corrected chi connectivity index (χ4v) is 10.8. The van der Waals surface area contributed by atoms with Gasteiger partial charge in [-0.3, -0.25) is 9.59 Å². The molecule has 0 aromatic carbocycles. The maximum absolute atomic E-state index is 12.2. The van der Waals surface area contributed by atoms with Crippen LogP contribution in [0.5, 0.6) is 0 Å². The standard InChI is InChI=1S/C31H48O6/c1-18-9-14-31(35-17-18)19(2)28-25(37-31)16-24-22-6-5-20-15-21(36-27(34)8-7-26(32)33)10-12-29(20,3)23(22)11-13-30(24,28)4/h18-25,28H,5-17H2,1-4H3,(H,32,33)/t18?,19-,20+,21+,22?,23?,24?,25-,28?,29-,30-,31?/m0/s1. The average molecular weight is 517 g/mol. The lowest BCUT2D eigenvalue weighted by Gasteiger charge is -2.61. The number of carboxylic acids is 1. The quantitative estimate of drug-likeness (QED) is 0.448. The third-order valence-corrected chi connectivity index (χ3v) is 12.7. The summed E-state index contributed by atoms with van der Waals surface area (Å²) in [7, 11) is 0. The summed E-state index contributed by atoms with van der Waals surface area (Å²) in [6, 6.07) is 0. The van der Waals surface area contributed by atoms with Gasteiger partial charge < -0.3 is 19.3 Å². The molecular weight excluding hydrogens is 468 g/mol. The van der Waals surface area contributed by atoms with Crippen LogP contribution in [0.2, 0.25) is 0 Å². The largest absolute Gasteiger partial charge is 0.481 e. The van der Waals surface area contributed by atoms with Gasteiger partial charge in [0.1, 0.15) is 6.10 Å². The number of esters is 1. The molecule has 6 aliphatic rings. The molecule has 6 rings (SSSR count). The van der Waals surface area contributed by atoms with Crippen LogP contribution in [0.4, 0.5) is 0 Å². The number of ether oxygens (including phenoxy) is 3. The summed E-state index contributed by atoms with van der Waals surface area (Å²) < 4.78 is 19.2. The van der Waals surface area contributed by atoms with Gasteiger partial charge in [0, 0.05) is 12.3 Å². The zero-order valence-corrected chi connectivity index (χ0v) is 23.4. The van der Waals surface area contributed by atoms with Crippen LogP contribution < -0.4 is 0 Å². The fourth-order valence-electron chi connectivity index (χ4n) is 10.8. The Bertz CT molecular complexity index is 909. The number of hydrogen-bond donors (Lipinski definition) is 1. The summed E-state index contributed by atoms with van der Waals surface area (Å²) in [6.45, 7) is 10.7. The molecular formula is C31H48O6. The molecule has 6 heteroatoms. The van der Waals surface area contributed by atoms with Gasteiger partial charge in [-0.1, -0.05) is 27.7 Å². The van der Waals surface area contributed by atoms with Crippen molar-refractivity contribution in [2.75, 3.05) is 6.61 Å². The van der Waals surface area contributed by atoms with E-state index < -0.39 is 5.97 Å². The van der Waals surface area contributed by atoms with Crippen LogP contribution in [-0.4, -0.2) is 41.6 Å². The number of rotatable bonds is 4. The first-order valence-electron chi connectivity index (χ1n) is 15.3. The lowest BCUT2D eigenvalue weighted by atomic mass is 9.44. The molecule has 12 atom stereocenters. The van der Waals surface area contributed by atoms with E-state index in [4.69, 9.17) is 19.3 Å². The van der Waals surface area contributed by atoms with Crippen molar-refractivity contribution in [1.82, 2.24) is 0 Å². The van der Waals surface area contributed by atoms with Crippen LogP contribution >= 0.6 is 0 Å². The van der Waals surface area contributed by atoms with Crippen molar-refractivity contribution in [2.45, 2.75) is 123 Å². The van der Waals surface area contributed by atoms with Crippen molar-refractivity contribution in [1.29, 1.82) is 0 Å². The second-order valence-corrected chi connectivity index (χ2v) is 14.5. The molecule has 6 fully saturated rings. The van der Waals surface area contributed by atoms with Gasteiger partial charge in [0.2, 0.25) is 0 Å². The van der Waals surface area contributed by atoms with Crippen molar-refractivity contribution in [3.05, 3.63) is 0 Å². The molecule has 1 spiro atoms. The van der Waals surface area contributed by atoms with Gasteiger partial charge in [-0.15, -0.1) is 0 Å². The average Bonchev–Trinajstić information content (AvgIpc) is 3.30. The summed E-state index contributed by atoms with van der Waals surface area (Å²) in [6.07, 6.45) is 11.7. The molecule has 1 N–H and O–H groups in total. The summed E-state index contributed by atoms with van der Waals surface area (Å²) in [5.74, 6) is 2.96. The minimum absolute atomic E-state index is 0.0209. The SMILES string of the molecule is CC1CCC2(OC1)O[C@H]1CC3C4CC[C@@H]5C[C@H](OC(=O)CCC(=O)O)CC[C@]5(C)C4CC[C@]3(C)C1[C@@H]2C. The van der Waals surface area contributed by atoms with Gasteiger partial charge in [0.25, 0.3) is 0 Å². The van der Waals surface area contributed by atoms with Crippen LogP contribution in [0.3, 0.4) is 0 Å². The summed E-state index contributed by atoms with van der Waals surface area (Å²) in [4.78, 5) is 23.0. The first kappa shape index (κ1) is 26.1. The van der Waals surface area contributed by atoms with E-state index >= 15 is 0 Å². The third-order valence-electron chi connectivity index (χ3n) is 12.7. The van der Waals surface area contributed by atoms with E-state index in [9.17, 15) is 9.59 Å². The first-order valence-corrected chi connectivity index (χ1v) is 15.3. The minimum atomic E-state index is -0.942. The van der Waals surface area contributed by atoms with Crippen molar-refractivity contribution in [3.8, 4) is 0 Å². The highest BCUT2D eigenvalue weighted by atomic mass is 16.7. The second-order valence-electron chi connectivity index (χ2n) is 14.5. The highest BCUT2D eigenvalue weighted by Gasteiger charge is 2.69. The maximum atomic E-state index is 12.2. The Morgan fingerprint density at radius 1 is 0.919 bits per heavy atom. The number of carbonyl (C=O) groups is 2. The molecule has 4 aliphatic carbocycles. The Hall–Kier alpha value is -1.14. The van der Waals surface area contributed by atoms with Gasteiger partial charge >= 0.3 is 11.9 Å². The topological polar surface area (TPSA) is 82.1 Å². The van der Waals surface area contributed by atoms with Crippen molar-refractivity contribution in [3.63, 3.8) is 0 Å². The molecule has 2 aliphatic heterocycles. The lowest BCUT2D eigenvalue weighted by molar-refractivity contribution is -0.273. The molecule has 0 bridgehead atoms. The normalized spacial score (nSPS) is 52.6. The van der Waals surface area contributed by atoms with E-state index in [2.05, 4.69) is 27.7 Å². The van der Waals surface area contributed by atoms with E-state index in [1.807, 2.05) is 0 Å². The van der Waals surface area contributed by atoms with Gasteiger partial charge in [-0.05, 0) is 104 Å². The molecule has 37 heavy (non-hydrogen) atoms. The highest BCUT2D eigenvalue weighted by Crippen LogP contribution is 2.71. The summed E-state index contributed by atoms with van der Waals surface area (Å²) in [5, 5.41) is 8.87. The highest BCUT2D eigenvalue weighted by molar-refractivity contribution is 5.76. The third kappa shape index (κ3) is 4.10. The Labute approximate surface area is 222 Å². The number of hydrogen-bond acceptors (Lipinski definition) is 5. The molecule has 208 valence electrons. The van der Waals surface area contributed by atoms with Crippen molar-refractivity contribution >= 4 is 11.9 Å². The number of aliphatic carboxylic acids is 1. The van der Waals surface area contributed by atoms with E-state index in [1.54, 1.807) is 0 Å². The van der Waals surface area contributed by atoms with Gasteiger partial charge in [0.05, 0.1) is 25.6 Å². The van der Waals surface area contributed by atoms with Gasteiger partial charge in [-0.2, -0.15) is 0 Å². The maximum Gasteiger partial charge on any atom is 0.306 e. The molecule has 6 nitrogen and oxygen atoms in total. The molecule has 0 aromatic rings. The Morgan fingerprint density at radius 3 is 2.43 bits per heavy atom. The predicted octanol–water partition coefficient (Wildman–Crippen LogP) is 6.21. The van der Waals surface area contributed by atoms with Gasteiger partial charge in [-0.25, -0.2) is 0 Å². The molecule has 4 saturated carbocycles. The lowest BCUT2D eigenvalue weighted by Crippen LogP contribution is -2.55. The van der Waals surface area contributed by atoms with E-state index in [0.717, 1.165) is 50.0 Å². The fraction of sp³-hybridized carbons (Fsp3) is 0.935. The van der Waals surface area contributed by atoms with E-state index in [-0.39, 0.29) is 30.7 Å². The first-order chi connectivity index (χ1) is 17.6. The molecule has 2 saturated heterocycles. The van der Waals surface area contributed by atoms with Crippen LogP contribution in [-0.2, 0) is 23.8 Å². The summed E-state index contributed by atoms with van der Waals surface area (Å²) in [5.41, 5.74) is 0.670. The van der Waals surface area contributed by atoms with Crippen LogP contribution in [0.1, 0.15) is 105 Å². The Kier molecular flexibility index (Phi) is 6.50. The van der Waals surface area contributed by atoms with E-state index in [1.165, 1.54) is 38.5 Å². The zero-order valence-electron chi connectivity index (χ0n) is 23.4. The van der Waals surface area contributed by atoms with Crippen molar-refractivity contribution in [2.24, 2.45) is 52.3 Å². The second kappa shape index (κ2) is 9.21. The molecule has 6 unspecified atom stereocenters. The smallest absolute Gasteiger partial charge is 0.306 e.